The largest absolute Gasteiger partial charge is 0.358 e. The minimum atomic E-state index is -0.599. The second-order valence-electron chi connectivity index (χ2n) is 7.68. The summed E-state index contributed by atoms with van der Waals surface area (Å²) < 4.78 is 7.71. The number of piperidine rings is 1. The first-order valence-corrected chi connectivity index (χ1v) is 11.8. The molecule has 0 radical (unpaired) electrons. The van der Waals surface area contributed by atoms with Crippen molar-refractivity contribution in [1.82, 2.24) is 24.3 Å². The van der Waals surface area contributed by atoms with Crippen LogP contribution >= 0.6 is 8.15 Å². The Bertz CT molecular complexity index is 1200. The summed E-state index contributed by atoms with van der Waals surface area (Å²) in [4.78, 5) is 26.2. The highest BCUT2D eigenvalue weighted by Crippen LogP contribution is 2.35. The van der Waals surface area contributed by atoms with Gasteiger partial charge in [0.25, 0.3) is 0 Å². The number of aromatic nitrogens is 4. The van der Waals surface area contributed by atoms with Gasteiger partial charge >= 0.3 is 0 Å². The third-order valence-corrected chi connectivity index (χ3v) is 7.52. The zero-order valence-electron chi connectivity index (χ0n) is 17.1. The van der Waals surface area contributed by atoms with E-state index in [-0.39, 0.29) is 5.92 Å². The molecule has 7 nitrogen and oxygen atoms in total. The molecule has 4 aromatic rings. The standard InChI is InChI=1S/C22H24N5O2P/c1-29-30(2)17-7-5-15(6-8-17)20-19-12-24-21-18(9-10-23-21)27(19)22(25-20)16-4-3-11-26(13-16)14-28/h5-10,12,14,16,23H,3-4,11,13H2,1-2H3. The van der Waals surface area contributed by atoms with Gasteiger partial charge in [-0.1, -0.05) is 24.3 Å². The second kappa shape index (κ2) is 7.82. The molecule has 0 bridgehead atoms. The van der Waals surface area contributed by atoms with Crippen LogP contribution < -0.4 is 5.30 Å². The number of aromatic amines is 1. The summed E-state index contributed by atoms with van der Waals surface area (Å²) in [6, 6.07) is 10.5. The van der Waals surface area contributed by atoms with Gasteiger partial charge in [0.15, 0.2) is 5.65 Å². The number of hydrogen-bond acceptors (Lipinski definition) is 4. The third-order valence-electron chi connectivity index (χ3n) is 5.94. The molecule has 30 heavy (non-hydrogen) atoms. The summed E-state index contributed by atoms with van der Waals surface area (Å²) in [5.41, 5.74) is 4.81. The van der Waals surface area contributed by atoms with Crippen molar-refractivity contribution in [3.8, 4) is 11.3 Å². The summed E-state index contributed by atoms with van der Waals surface area (Å²) in [5.74, 6) is 1.19. The highest BCUT2D eigenvalue weighted by atomic mass is 31.1. The minimum absolute atomic E-state index is 0.196. The van der Waals surface area contributed by atoms with Crippen LogP contribution in [-0.2, 0) is 9.32 Å². The lowest BCUT2D eigenvalue weighted by atomic mass is 9.97. The monoisotopic (exact) mass is 421 g/mol. The SMILES string of the molecule is COP(C)c1ccc(-c2nc(C3CCCN(C=O)C3)n3c2cnc2[nH]ccc23)cc1. The molecule has 0 saturated carbocycles. The van der Waals surface area contributed by atoms with Crippen molar-refractivity contribution in [2.75, 3.05) is 26.9 Å². The molecule has 4 heterocycles. The number of nitrogens with one attached hydrogen (secondary N) is 1. The zero-order valence-corrected chi connectivity index (χ0v) is 18.0. The molecule has 1 N–H and O–H groups in total. The lowest BCUT2D eigenvalue weighted by Gasteiger charge is -2.29. The van der Waals surface area contributed by atoms with Crippen LogP contribution in [0.25, 0.3) is 27.9 Å². The van der Waals surface area contributed by atoms with Crippen molar-refractivity contribution in [3.63, 3.8) is 0 Å². The average Bonchev–Trinajstić information content (AvgIpc) is 3.43. The number of nitrogens with zero attached hydrogens (tertiary/aromatic N) is 4. The molecule has 5 rings (SSSR count). The first-order chi connectivity index (χ1) is 14.7. The Hall–Kier alpha value is -2.76. The summed E-state index contributed by atoms with van der Waals surface area (Å²) >= 11 is 0. The molecule has 154 valence electrons. The van der Waals surface area contributed by atoms with Crippen LogP contribution in [0.5, 0.6) is 0 Å². The number of hydrogen-bond donors (Lipinski definition) is 1. The maximum Gasteiger partial charge on any atom is 0.209 e. The van der Waals surface area contributed by atoms with Gasteiger partial charge in [0.1, 0.15) is 5.82 Å². The number of H-pyrrole nitrogens is 1. The van der Waals surface area contributed by atoms with E-state index in [1.165, 1.54) is 5.30 Å². The quantitative estimate of drug-likeness (QED) is 0.395. The van der Waals surface area contributed by atoms with Gasteiger partial charge in [-0.2, -0.15) is 0 Å². The van der Waals surface area contributed by atoms with E-state index in [0.717, 1.165) is 59.6 Å². The molecule has 1 fully saturated rings. The maximum absolute atomic E-state index is 11.4. The average molecular weight is 421 g/mol. The highest BCUT2D eigenvalue weighted by Gasteiger charge is 2.27. The maximum atomic E-state index is 11.4. The fourth-order valence-electron chi connectivity index (χ4n) is 4.32. The van der Waals surface area contributed by atoms with Crippen LogP contribution in [0.2, 0.25) is 0 Å². The molecule has 1 saturated heterocycles. The Morgan fingerprint density at radius 3 is 2.83 bits per heavy atom. The first-order valence-electron chi connectivity index (χ1n) is 10.1. The van der Waals surface area contributed by atoms with Gasteiger partial charge in [0.2, 0.25) is 6.41 Å². The van der Waals surface area contributed by atoms with Crippen LogP contribution in [-0.4, -0.2) is 57.5 Å². The number of carbonyl (C=O) groups excluding carboxylic acids is 1. The molecule has 1 aromatic carbocycles. The predicted molar refractivity (Wildman–Crippen MR) is 119 cm³/mol. The molecule has 2 atom stereocenters. The van der Waals surface area contributed by atoms with Gasteiger partial charge in [0, 0.05) is 43.2 Å². The van der Waals surface area contributed by atoms with Crippen LogP contribution in [0.3, 0.4) is 0 Å². The first kappa shape index (κ1) is 19.2. The molecule has 1 aliphatic heterocycles. The van der Waals surface area contributed by atoms with E-state index >= 15 is 0 Å². The Morgan fingerprint density at radius 1 is 1.23 bits per heavy atom. The number of rotatable bonds is 5. The summed E-state index contributed by atoms with van der Waals surface area (Å²) in [6.07, 6.45) is 6.75. The van der Waals surface area contributed by atoms with Crippen molar-refractivity contribution in [2.45, 2.75) is 18.8 Å². The fraction of sp³-hybridized carbons (Fsp3) is 0.318. The van der Waals surface area contributed by atoms with E-state index in [1.807, 2.05) is 23.4 Å². The topological polar surface area (TPSA) is 75.5 Å². The van der Waals surface area contributed by atoms with Crippen molar-refractivity contribution in [2.24, 2.45) is 0 Å². The lowest BCUT2D eigenvalue weighted by Crippen LogP contribution is -2.33. The smallest absolute Gasteiger partial charge is 0.209 e. The fourth-order valence-corrected chi connectivity index (χ4v) is 5.10. The number of benzene rings is 1. The van der Waals surface area contributed by atoms with E-state index in [1.54, 1.807) is 7.11 Å². The lowest BCUT2D eigenvalue weighted by molar-refractivity contribution is -0.119. The molecule has 2 unspecified atom stereocenters. The summed E-state index contributed by atoms with van der Waals surface area (Å²) in [5, 5.41) is 1.19. The van der Waals surface area contributed by atoms with Gasteiger partial charge in [-0.25, -0.2) is 9.97 Å². The molecular weight excluding hydrogens is 397 g/mol. The molecule has 1 amide bonds. The summed E-state index contributed by atoms with van der Waals surface area (Å²) in [7, 11) is 1.15. The van der Waals surface area contributed by atoms with E-state index in [9.17, 15) is 4.79 Å². The van der Waals surface area contributed by atoms with Crippen molar-refractivity contribution < 1.29 is 9.32 Å². The van der Waals surface area contributed by atoms with Gasteiger partial charge < -0.3 is 14.4 Å². The number of imidazole rings is 1. The van der Waals surface area contributed by atoms with E-state index in [2.05, 4.69) is 45.3 Å². The Labute approximate surface area is 175 Å². The number of amides is 1. The van der Waals surface area contributed by atoms with Crippen LogP contribution in [0, 0.1) is 0 Å². The van der Waals surface area contributed by atoms with Crippen LogP contribution in [0.1, 0.15) is 24.6 Å². The van der Waals surface area contributed by atoms with Crippen molar-refractivity contribution in [3.05, 3.63) is 48.5 Å². The van der Waals surface area contributed by atoms with Gasteiger partial charge in [-0.3, -0.25) is 9.20 Å². The number of fused-ring (bicyclic) bond motifs is 3. The number of carbonyl (C=O) groups is 1. The Kier molecular flexibility index (Phi) is 5.01. The van der Waals surface area contributed by atoms with Gasteiger partial charge in [0.05, 0.1) is 31.1 Å². The van der Waals surface area contributed by atoms with Gasteiger partial charge in [-0.05, 0) is 25.6 Å². The van der Waals surface area contributed by atoms with E-state index in [0.29, 0.717) is 6.54 Å². The van der Waals surface area contributed by atoms with Crippen LogP contribution in [0.4, 0.5) is 0 Å². The Morgan fingerprint density at radius 2 is 2.07 bits per heavy atom. The zero-order chi connectivity index (χ0) is 20.7. The van der Waals surface area contributed by atoms with Gasteiger partial charge in [-0.15, -0.1) is 0 Å². The molecule has 0 spiro atoms. The second-order valence-corrected chi connectivity index (χ2v) is 9.55. The van der Waals surface area contributed by atoms with E-state index in [4.69, 9.17) is 9.51 Å². The molecule has 1 aliphatic rings. The molecular formula is C22H24N5O2P. The molecule has 0 aliphatic carbocycles. The predicted octanol–water partition coefficient (Wildman–Crippen LogP) is 3.51. The highest BCUT2D eigenvalue weighted by molar-refractivity contribution is 7.60. The normalized spacial score (nSPS) is 18.2. The minimum Gasteiger partial charge on any atom is -0.358 e. The summed E-state index contributed by atoms with van der Waals surface area (Å²) in [6.45, 7) is 3.62. The molecule has 3 aromatic heterocycles. The number of likely N-dealkylation sites (tertiary alicyclic amines) is 1. The third kappa shape index (κ3) is 3.18. The van der Waals surface area contributed by atoms with Crippen molar-refractivity contribution in [1.29, 1.82) is 0 Å². The van der Waals surface area contributed by atoms with Crippen molar-refractivity contribution >= 4 is 36.5 Å². The van der Waals surface area contributed by atoms with E-state index < -0.39 is 8.15 Å². The Balaban J connectivity index is 1.67. The molecule has 8 heteroatoms. The van der Waals surface area contributed by atoms with Crippen LogP contribution in [0.15, 0.2) is 42.7 Å².